The third-order valence-corrected chi connectivity index (χ3v) is 7.65. The number of nitrogens with two attached hydrogens (primary N) is 1. The fourth-order valence-electron chi connectivity index (χ4n) is 5.03. The third kappa shape index (κ3) is 5.23. The van der Waals surface area contributed by atoms with Gasteiger partial charge in [0.25, 0.3) is 0 Å². The molecule has 3 heterocycles. The van der Waals surface area contributed by atoms with Gasteiger partial charge in [0.05, 0.1) is 17.8 Å². The molecule has 2 fully saturated rings. The first-order valence-corrected chi connectivity index (χ1v) is 13.6. The Bertz CT molecular complexity index is 1310. The van der Waals surface area contributed by atoms with Crippen LogP contribution in [0.15, 0.2) is 24.4 Å². The van der Waals surface area contributed by atoms with Crippen LogP contribution in [0.5, 0.6) is 0 Å². The number of nitrogens with one attached hydrogen (secondary N) is 3. The van der Waals surface area contributed by atoms with E-state index >= 15 is 0 Å². The molecular formula is C27H38N10O. The van der Waals surface area contributed by atoms with Gasteiger partial charge in [-0.15, -0.1) is 0 Å². The van der Waals surface area contributed by atoms with Crippen molar-refractivity contribution in [3.05, 3.63) is 35.7 Å². The van der Waals surface area contributed by atoms with E-state index in [-0.39, 0.29) is 12.1 Å². The summed E-state index contributed by atoms with van der Waals surface area (Å²) in [6, 6.07) is 6.44. The zero-order chi connectivity index (χ0) is 26.8. The molecule has 3 aromatic rings. The molecule has 11 heteroatoms. The highest BCUT2D eigenvalue weighted by Crippen LogP contribution is 2.44. The summed E-state index contributed by atoms with van der Waals surface area (Å²) in [7, 11) is 0. The van der Waals surface area contributed by atoms with Crippen molar-refractivity contribution >= 4 is 40.6 Å². The average molecular weight is 519 g/mol. The highest BCUT2D eigenvalue weighted by atomic mass is 16.2. The van der Waals surface area contributed by atoms with Crippen molar-refractivity contribution in [2.45, 2.75) is 58.7 Å². The minimum Gasteiger partial charge on any atom is -0.378 e. The number of carbonyl (C=O) groups excluding carboxylic acids is 1. The molecule has 2 aliphatic rings. The molecule has 1 saturated carbocycles. The zero-order valence-electron chi connectivity index (χ0n) is 22.4. The molecule has 0 spiro atoms. The number of hydrogen-bond donors (Lipinski definition) is 4. The van der Waals surface area contributed by atoms with Gasteiger partial charge in [0.2, 0.25) is 5.95 Å². The predicted octanol–water partition coefficient (Wildman–Crippen LogP) is 3.82. The first-order valence-electron chi connectivity index (χ1n) is 13.6. The molecule has 1 saturated heterocycles. The van der Waals surface area contributed by atoms with Crippen LogP contribution in [0.25, 0.3) is 10.9 Å². The maximum absolute atomic E-state index is 11.6. The van der Waals surface area contributed by atoms with E-state index in [2.05, 4.69) is 59.6 Å². The fraction of sp³-hybridized carbons (Fsp3) is 0.519. The Labute approximate surface area is 223 Å². The van der Waals surface area contributed by atoms with E-state index in [9.17, 15) is 4.79 Å². The molecule has 0 bridgehead atoms. The molecule has 0 radical (unpaired) electrons. The Morgan fingerprint density at radius 3 is 2.58 bits per heavy atom. The number of urea groups is 1. The van der Waals surface area contributed by atoms with Gasteiger partial charge in [0, 0.05) is 50.4 Å². The van der Waals surface area contributed by atoms with Crippen LogP contribution in [-0.4, -0.2) is 69.1 Å². The monoisotopic (exact) mass is 518 g/mol. The summed E-state index contributed by atoms with van der Waals surface area (Å²) in [6.07, 6.45) is 6.46. The van der Waals surface area contributed by atoms with Gasteiger partial charge < -0.3 is 31.6 Å². The maximum Gasteiger partial charge on any atom is 0.314 e. The van der Waals surface area contributed by atoms with Gasteiger partial charge in [0.15, 0.2) is 5.82 Å². The number of benzene rings is 1. The second-order valence-electron chi connectivity index (χ2n) is 10.3. The van der Waals surface area contributed by atoms with Crippen molar-refractivity contribution < 1.29 is 4.79 Å². The Morgan fingerprint density at radius 1 is 1.18 bits per heavy atom. The number of aryl methyl sites for hydroxylation is 1. The summed E-state index contributed by atoms with van der Waals surface area (Å²) in [6.45, 7) is 9.38. The van der Waals surface area contributed by atoms with Gasteiger partial charge in [-0.3, -0.25) is 4.68 Å². The van der Waals surface area contributed by atoms with Gasteiger partial charge >= 0.3 is 6.03 Å². The van der Waals surface area contributed by atoms with Crippen LogP contribution in [-0.2, 0) is 6.54 Å². The first kappa shape index (κ1) is 25.7. The van der Waals surface area contributed by atoms with Crippen molar-refractivity contribution in [2.75, 3.05) is 41.7 Å². The van der Waals surface area contributed by atoms with Gasteiger partial charge in [-0.25, -0.2) is 9.78 Å². The Kier molecular flexibility index (Phi) is 7.35. The molecule has 2 amide bonds. The molecule has 1 aromatic carbocycles. The predicted molar refractivity (Wildman–Crippen MR) is 151 cm³/mol. The molecule has 2 atom stereocenters. The number of carbonyl (C=O) groups is 1. The molecule has 11 nitrogen and oxygen atoms in total. The van der Waals surface area contributed by atoms with Gasteiger partial charge in [-0.2, -0.15) is 10.1 Å². The molecule has 1 unspecified atom stereocenters. The molecule has 5 N–H and O–H groups in total. The zero-order valence-corrected chi connectivity index (χ0v) is 22.4. The Hall–Kier alpha value is -3.89. The van der Waals surface area contributed by atoms with Crippen molar-refractivity contribution in [1.29, 1.82) is 5.41 Å². The van der Waals surface area contributed by atoms with Crippen LogP contribution in [0.2, 0.25) is 0 Å². The van der Waals surface area contributed by atoms with Crippen molar-refractivity contribution in [3.63, 3.8) is 0 Å². The van der Waals surface area contributed by atoms with E-state index in [0.29, 0.717) is 49.6 Å². The van der Waals surface area contributed by atoms with Crippen LogP contribution < -0.4 is 21.3 Å². The second kappa shape index (κ2) is 10.8. The van der Waals surface area contributed by atoms with E-state index in [1.165, 1.54) is 11.8 Å². The normalized spacial score (nSPS) is 17.3. The average Bonchev–Trinajstić information content (AvgIpc) is 3.70. The molecule has 38 heavy (non-hydrogen) atoms. The minimum atomic E-state index is -0.407. The summed E-state index contributed by atoms with van der Waals surface area (Å²) in [5.41, 5.74) is 9.11. The summed E-state index contributed by atoms with van der Waals surface area (Å²) in [4.78, 5) is 25.0. The molecule has 2 aromatic heterocycles. The van der Waals surface area contributed by atoms with Crippen LogP contribution in [0.4, 0.5) is 22.2 Å². The lowest BCUT2D eigenvalue weighted by molar-refractivity contribution is 0.204. The number of amides is 2. The van der Waals surface area contributed by atoms with E-state index in [0.717, 1.165) is 42.4 Å². The van der Waals surface area contributed by atoms with Crippen LogP contribution in [0.3, 0.4) is 0 Å². The van der Waals surface area contributed by atoms with Crippen LogP contribution in [0.1, 0.15) is 57.3 Å². The molecule has 5 rings (SSSR count). The smallest absolute Gasteiger partial charge is 0.314 e. The standard InChI is InChI=1S/C27H38N10O/c1-4-17(3)31-24-21(15-28)32-27(36-12-10-35(11-13-36)26(29)38)34-25(24)33-23(18-6-7-18)19-8-9-22-20(14-19)16-30-37(22)5-2/h8-9,14-18,23,28,31H,4-7,10-13H2,1-3H3,(H2,29,38)(H,32,33,34)/t17-,23?/m0/s1. The van der Waals surface area contributed by atoms with Crippen molar-refractivity contribution in [3.8, 4) is 0 Å². The number of nitrogens with zero attached hydrogens (tertiary/aromatic N) is 6. The third-order valence-electron chi connectivity index (χ3n) is 7.65. The molecule has 1 aliphatic carbocycles. The van der Waals surface area contributed by atoms with Crippen molar-refractivity contribution in [2.24, 2.45) is 11.7 Å². The summed E-state index contributed by atoms with van der Waals surface area (Å²) < 4.78 is 2.01. The lowest BCUT2D eigenvalue weighted by atomic mass is 10.0. The topological polar surface area (TPSA) is 141 Å². The molecule has 1 aliphatic heterocycles. The lowest BCUT2D eigenvalue weighted by Crippen LogP contribution is -2.51. The maximum atomic E-state index is 11.6. The largest absolute Gasteiger partial charge is 0.378 e. The van der Waals surface area contributed by atoms with Gasteiger partial charge in [-0.1, -0.05) is 13.0 Å². The Morgan fingerprint density at radius 2 is 1.95 bits per heavy atom. The number of fused-ring (bicyclic) bond motifs is 1. The van der Waals surface area contributed by atoms with Crippen molar-refractivity contribution in [1.82, 2.24) is 24.6 Å². The van der Waals surface area contributed by atoms with Gasteiger partial charge in [0.1, 0.15) is 11.4 Å². The summed E-state index contributed by atoms with van der Waals surface area (Å²) in [5, 5.41) is 21.1. The highest BCUT2D eigenvalue weighted by molar-refractivity contribution is 5.89. The van der Waals surface area contributed by atoms with E-state index in [1.807, 2.05) is 10.9 Å². The minimum absolute atomic E-state index is 0.0786. The number of primary amides is 1. The van der Waals surface area contributed by atoms with Gasteiger partial charge in [-0.05, 0) is 56.7 Å². The quantitative estimate of drug-likeness (QED) is 0.299. The number of hydrogen-bond acceptors (Lipinski definition) is 8. The molecular weight excluding hydrogens is 480 g/mol. The fourth-order valence-corrected chi connectivity index (χ4v) is 5.03. The second-order valence-corrected chi connectivity index (χ2v) is 10.3. The number of piperazine rings is 1. The van der Waals surface area contributed by atoms with Crippen LogP contribution in [0, 0.1) is 11.3 Å². The highest BCUT2D eigenvalue weighted by Gasteiger charge is 2.34. The van der Waals surface area contributed by atoms with E-state index in [4.69, 9.17) is 21.1 Å². The number of anilines is 3. The first-order chi connectivity index (χ1) is 18.4. The van der Waals surface area contributed by atoms with E-state index in [1.54, 1.807) is 4.90 Å². The summed E-state index contributed by atoms with van der Waals surface area (Å²) >= 11 is 0. The SMILES string of the molecule is CC[C@H](C)Nc1c(C=N)nc(N2CCN(C(N)=O)CC2)nc1NC(c1ccc2c(cnn2CC)c1)C1CC1. The lowest BCUT2D eigenvalue weighted by Gasteiger charge is -2.34. The Balaban J connectivity index is 1.51. The number of rotatable bonds is 10. The van der Waals surface area contributed by atoms with Crippen LogP contribution >= 0.6 is 0 Å². The number of aromatic nitrogens is 4. The summed E-state index contributed by atoms with van der Waals surface area (Å²) in [5.74, 6) is 1.76. The molecule has 202 valence electrons. The van der Waals surface area contributed by atoms with E-state index < -0.39 is 6.03 Å².